The van der Waals surface area contributed by atoms with E-state index in [1.807, 2.05) is 0 Å². The molecular weight excluding hydrogens is 323 g/mol. The van der Waals surface area contributed by atoms with Crippen LogP contribution in [0.1, 0.15) is 0 Å². The summed E-state index contributed by atoms with van der Waals surface area (Å²) in [5, 5.41) is 10.7. The lowest BCUT2D eigenvalue weighted by Gasteiger charge is -2.06. The Kier molecular flexibility index (Phi) is 3.56. The van der Waals surface area contributed by atoms with E-state index in [1.165, 1.54) is 12.1 Å². The molecule has 2 N–H and O–H groups in total. The maximum atomic E-state index is 13.4. The number of rotatable bonds is 3. The van der Waals surface area contributed by atoms with Gasteiger partial charge in [0.1, 0.15) is 5.75 Å². The van der Waals surface area contributed by atoms with E-state index >= 15 is 0 Å². The lowest BCUT2D eigenvalue weighted by molar-refractivity contribution is -0.385. The summed E-state index contributed by atoms with van der Waals surface area (Å²) < 4.78 is 18.9. The number of hydrogen-bond acceptors (Lipinski definition) is 6. The zero-order valence-electron chi connectivity index (χ0n) is 9.21. The molecule has 9 heteroatoms. The molecule has 0 unspecified atom stereocenters. The van der Waals surface area contributed by atoms with E-state index < -0.39 is 16.6 Å². The molecule has 0 aliphatic rings. The third-order valence-electron chi connectivity index (χ3n) is 2.01. The normalized spacial score (nSPS) is 10.2. The van der Waals surface area contributed by atoms with Gasteiger partial charge in [-0.05, 0) is 6.07 Å². The molecule has 0 spiro atoms. The molecule has 0 radical (unpaired) electrons. The fraction of sp³-hybridized carbons (Fsp3) is 0. The van der Waals surface area contributed by atoms with Crippen molar-refractivity contribution in [3.05, 3.63) is 44.8 Å². The van der Waals surface area contributed by atoms with Crippen LogP contribution in [0.25, 0.3) is 0 Å². The van der Waals surface area contributed by atoms with Gasteiger partial charge in [-0.2, -0.15) is 9.37 Å². The zero-order valence-corrected chi connectivity index (χ0v) is 10.8. The second-order valence-electron chi connectivity index (χ2n) is 3.39. The van der Waals surface area contributed by atoms with Crippen LogP contribution in [-0.4, -0.2) is 14.9 Å². The number of hydrogen-bond donors (Lipinski definition) is 1. The van der Waals surface area contributed by atoms with Crippen molar-refractivity contribution in [3.8, 4) is 11.6 Å². The largest absolute Gasteiger partial charge is 0.436 e. The van der Waals surface area contributed by atoms with Crippen molar-refractivity contribution in [2.45, 2.75) is 0 Å². The Morgan fingerprint density at radius 2 is 2.16 bits per heavy atom. The van der Waals surface area contributed by atoms with Gasteiger partial charge in [0, 0.05) is 10.5 Å². The molecule has 98 valence electrons. The maximum absolute atomic E-state index is 13.4. The van der Waals surface area contributed by atoms with Crippen LogP contribution < -0.4 is 10.5 Å². The van der Waals surface area contributed by atoms with Gasteiger partial charge in [-0.15, -0.1) is 0 Å². The standard InChI is InChI=1S/C10H6BrFN4O3/c11-5-1-6(16(17)18)3-7(2-5)19-9-8(12)4-14-10(13)15-9/h1-4H,(H2,13,14,15). The van der Waals surface area contributed by atoms with Crippen LogP contribution in [-0.2, 0) is 0 Å². The highest BCUT2D eigenvalue weighted by Gasteiger charge is 2.13. The Morgan fingerprint density at radius 3 is 2.84 bits per heavy atom. The highest BCUT2D eigenvalue weighted by atomic mass is 79.9. The number of anilines is 1. The van der Waals surface area contributed by atoms with Crippen LogP contribution in [0.4, 0.5) is 16.0 Å². The Labute approximate surface area is 114 Å². The predicted molar refractivity (Wildman–Crippen MR) is 67.3 cm³/mol. The van der Waals surface area contributed by atoms with Gasteiger partial charge in [-0.25, -0.2) is 4.98 Å². The summed E-state index contributed by atoms with van der Waals surface area (Å²) in [5.74, 6) is -1.34. The smallest absolute Gasteiger partial charge is 0.274 e. The van der Waals surface area contributed by atoms with Crippen molar-refractivity contribution in [2.24, 2.45) is 0 Å². The summed E-state index contributed by atoms with van der Waals surface area (Å²) >= 11 is 3.09. The second-order valence-corrected chi connectivity index (χ2v) is 4.30. The summed E-state index contributed by atoms with van der Waals surface area (Å²) in [5.41, 5.74) is 5.10. The summed E-state index contributed by atoms with van der Waals surface area (Å²) in [6.07, 6.45) is 0.851. The minimum Gasteiger partial charge on any atom is -0.436 e. The van der Waals surface area contributed by atoms with E-state index in [2.05, 4.69) is 25.9 Å². The number of nitro benzene ring substituents is 1. The molecule has 0 aliphatic carbocycles. The van der Waals surface area contributed by atoms with E-state index in [1.54, 1.807) is 0 Å². The lowest BCUT2D eigenvalue weighted by atomic mass is 10.3. The molecule has 0 bridgehead atoms. The van der Waals surface area contributed by atoms with Crippen molar-refractivity contribution in [2.75, 3.05) is 5.73 Å². The number of halogens is 2. The molecular formula is C10H6BrFN4O3. The van der Waals surface area contributed by atoms with Crippen LogP contribution in [0.15, 0.2) is 28.9 Å². The molecule has 2 rings (SSSR count). The van der Waals surface area contributed by atoms with Crippen molar-refractivity contribution < 1.29 is 14.1 Å². The van der Waals surface area contributed by atoms with Gasteiger partial charge in [0.25, 0.3) is 11.6 Å². The first-order valence-electron chi connectivity index (χ1n) is 4.86. The molecule has 0 atom stereocenters. The van der Waals surface area contributed by atoms with E-state index in [0.717, 1.165) is 12.3 Å². The number of nitrogen functional groups attached to an aromatic ring is 1. The monoisotopic (exact) mass is 328 g/mol. The molecule has 0 saturated carbocycles. The van der Waals surface area contributed by atoms with Crippen LogP contribution in [0.2, 0.25) is 0 Å². The molecule has 1 heterocycles. The molecule has 0 aliphatic heterocycles. The van der Waals surface area contributed by atoms with Crippen molar-refractivity contribution >= 4 is 27.6 Å². The average Bonchev–Trinajstić information content (AvgIpc) is 2.33. The van der Waals surface area contributed by atoms with Gasteiger partial charge in [-0.1, -0.05) is 15.9 Å². The van der Waals surface area contributed by atoms with E-state index in [4.69, 9.17) is 10.5 Å². The van der Waals surface area contributed by atoms with Gasteiger partial charge >= 0.3 is 0 Å². The molecule has 0 amide bonds. The zero-order chi connectivity index (χ0) is 14.0. The fourth-order valence-corrected chi connectivity index (χ4v) is 1.72. The molecule has 1 aromatic heterocycles. The Morgan fingerprint density at radius 1 is 1.42 bits per heavy atom. The summed E-state index contributed by atoms with van der Waals surface area (Å²) in [7, 11) is 0. The van der Waals surface area contributed by atoms with Crippen LogP contribution in [0.3, 0.4) is 0 Å². The second kappa shape index (κ2) is 5.14. The summed E-state index contributed by atoms with van der Waals surface area (Å²) in [6.45, 7) is 0. The summed E-state index contributed by atoms with van der Waals surface area (Å²) in [6, 6.07) is 3.87. The van der Waals surface area contributed by atoms with Gasteiger partial charge in [0.2, 0.25) is 11.8 Å². The predicted octanol–water partition coefficient (Wildman–Crippen LogP) is 2.66. The molecule has 2 aromatic rings. The highest BCUT2D eigenvalue weighted by molar-refractivity contribution is 9.10. The third-order valence-corrected chi connectivity index (χ3v) is 2.47. The molecule has 1 aromatic carbocycles. The van der Waals surface area contributed by atoms with Crippen LogP contribution >= 0.6 is 15.9 Å². The third kappa shape index (κ3) is 3.13. The molecule has 7 nitrogen and oxygen atoms in total. The SMILES string of the molecule is Nc1ncc(F)c(Oc2cc(Br)cc([N+](=O)[O-])c2)n1. The highest BCUT2D eigenvalue weighted by Crippen LogP contribution is 2.29. The lowest BCUT2D eigenvalue weighted by Crippen LogP contribution is -1.99. The first kappa shape index (κ1) is 13.1. The Bertz CT molecular complexity index is 653. The molecule has 0 saturated heterocycles. The first-order chi connectivity index (χ1) is 8.95. The number of nitro groups is 1. The van der Waals surface area contributed by atoms with Crippen molar-refractivity contribution in [1.82, 2.24) is 9.97 Å². The van der Waals surface area contributed by atoms with Crippen molar-refractivity contribution in [3.63, 3.8) is 0 Å². The first-order valence-corrected chi connectivity index (χ1v) is 5.66. The Hall–Kier alpha value is -2.29. The summed E-state index contributed by atoms with van der Waals surface area (Å²) in [4.78, 5) is 17.1. The van der Waals surface area contributed by atoms with Gasteiger partial charge < -0.3 is 10.5 Å². The molecule has 19 heavy (non-hydrogen) atoms. The number of non-ortho nitro benzene ring substituents is 1. The number of benzene rings is 1. The number of nitrogens with zero attached hydrogens (tertiary/aromatic N) is 3. The topological polar surface area (TPSA) is 104 Å². The maximum Gasteiger partial charge on any atom is 0.274 e. The van der Waals surface area contributed by atoms with E-state index in [0.29, 0.717) is 4.47 Å². The quantitative estimate of drug-likeness (QED) is 0.686. The minimum absolute atomic E-state index is 0.0538. The van der Waals surface area contributed by atoms with E-state index in [-0.39, 0.29) is 17.4 Å². The fourth-order valence-electron chi connectivity index (χ4n) is 1.26. The number of aromatic nitrogens is 2. The van der Waals surface area contributed by atoms with Crippen LogP contribution in [0, 0.1) is 15.9 Å². The van der Waals surface area contributed by atoms with Gasteiger partial charge in [0.05, 0.1) is 17.2 Å². The minimum atomic E-state index is -0.822. The Balaban J connectivity index is 2.38. The number of nitrogens with two attached hydrogens (primary N) is 1. The van der Waals surface area contributed by atoms with Gasteiger partial charge in [-0.3, -0.25) is 10.1 Å². The number of ether oxygens (including phenoxy) is 1. The van der Waals surface area contributed by atoms with Crippen molar-refractivity contribution in [1.29, 1.82) is 0 Å². The van der Waals surface area contributed by atoms with E-state index in [9.17, 15) is 14.5 Å². The average molecular weight is 329 g/mol. The van der Waals surface area contributed by atoms with Crippen LogP contribution in [0.5, 0.6) is 11.6 Å². The molecule has 0 fully saturated rings. The van der Waals surface area contributed by atoms with Gasteiger partial charge in [0.15, 0.2) is 0 Å².